The first kappa shape index (κ1) is 11.3. The van der Waals surface area contributed by atoms with Gasteiger partial charge in [-0.3, -0.25) is 0 Å². The summed E-state index contributed by atoms with van der Waals surface area (Å²) in [4.78, 5) is 6.82. The minimum absolute atomic E-state index is 1.04. The highest BCUT2D eigenvalue weighted by Gasteiger charge is 2.15. The summed E-state index contributed by atoms with van der Waals surface area (Å²) in [7, 11) is 0. The third-order valence-corrected chi connectivity index (χ3v) is 3.66. The quantitative estimate of drug-likeness (QED) is 0.805. The van der Waals surface area contributed by atoms with Crippen LogP contribution in [-0.2, 0) is 0 Å². The molecule has 0 N–H and O–H groups in total. The molecule has 18 heavy (non-hydrogen) atoms. The van der Waals surface area contributed by atoms with Crippen molar-refractivity contribution >= 4 is 5.69 Å². The van der Waals surface area contributed by atoms with E-state index in [2.05, 4.69) is 38.7 Å². The molecule has 3 rings (SSSR count). The second-order valence-corrected chi connectivity index (χ2v) is 4.88. The van der Waals surface area contributed by atoms with E-state index in [1.165, 1.54) is 43.7 Å². The number of hydrogen-bond donors (Lipinski definition) is 0. The maximum Gasteiger partial charge on any atom is 0.110 e. The molecular formula is C15H19N3. The van der Waals surface area contributed by atoms with Crippen LogP contribution in [0.5, 0.6) is 0 Å². The van der Waals surface area contributed by atoms with Crippen LogP contribution in [0, 0.1) is 6.92 Å². The Labute approximate surface area is 108 Å². The van der Waals surface area contributed by atoms with Crippen LogP contribution in [0.2, 0.25) is 0 Å². The number of benzene rings is 1. The summed E-state index contributed by atoms with van der Waals surface area (Å²) in [5.74, 6) is 1.04. The number of anilines is 1. The number of rotatable bonds is 2. The molecule has 0 amide bonds. The van der Waals surface area contributed by atoms with Crippen molar-refractivity contribution in [1.29, 1.82) is 0 Å². The number of imidazole rings is 1. The summed E-state index contributed by atoms with van der Waals surface area (Å²) in [6, 6.07) is 8.63. The van der Waals surface area contributed by atoms with Gasteiger partial charge in [0.25, 0.3) is 0 Å². The Bertz CT molecular complexity index is 524. The monoisotopic (exact) mass is 241 g/mol. The Balaban J connectivity index is 2.02. The number of aromatic nitrogens is 2. The van der Waals surface area contributed by atoms with Crippen LogP contribution < -0.4 is 4.90 Å². The number of para-hydroxylation sites is 2. The van der Waals surface area contributed by atoms with Crippen molar-refractivity contribution in [2.45, 2.75) is 26.2 Å². The van der Waals surface area contributed by atoms with E-state index in [4.69, 9.17) is 0 Å². The lowest BCUT2D eigenvalue weighted by Crippen LogP contribution is -2.30. The fourth-order valence-electron chi connectivity index (χ4n) is 2.70. The summed E-state index contributed by atoms with van der Waals surface area (Å²) in [6.07, 6.45) is 7.87. The summed E-state index contributed by atoms with van der Waals surface area (Å²) < 4.78 is 2.17. The average molecular weight is 241 g/mol. The van der Waals surface area contributed by atoms with Gasteiger partial charge in [0, 0.05) is 25.5 Å². The summed E-state index contributed by atoms with van der Waals surface area (Å²) in [5, 5.41) is 0. The van der Waals surface area contributed by atoms with Gasteiger partial charge in [-0.05, 0) is 38.3 Å². The molecule has 1 aromatic heterocycles. The van der Waals surface area contributed by atoms with E-state index in [0.717, 1.165) is 5.82 Å². The van der Waals surface area contributed by atoms with Crippen molar-refractivity contribution in [2.24, 2.45) is 0 Å². The Morgan fingerprint density at radius 1 is 1.00 bits per heavy atom. The summed E-state index contributed by atoms with van der Waals surface area (Å²) >= 11 is 0. The zero-order valence-corrected chi connectivity index (χ0v) is 10.8. The van der Waals surface area contributed by atoms with E-state index < -0.39 is 0 Å². The lowest BCUT2D eigenvalue weighted by Gasteiger charge is -2.30. The smallest absolute Gasteiger partial charge is 0.110 e. The standard InChI is InChI=1S/C15H19N3/c1-13-16-9-12-18(13)15-8-4-3-7-14(15)17-10-5-2-6-11-17/h3-4,7-9,12H,2,5-6,10-11H2,1H3. The Morgan fingerprint density at radius 2 is 1.72 bits per heavy atom. The Morgan fingerprint density at radius 3 is 2.39 bits per heavy atom. The lowest BCUT2D eigenvalue weighted by molar-refractivity contribution is 0.577. The third kappa shape index (κ3) is 2.01. The first-order chi connectivity index (χ1) is 8.86. The molecule has 0 bridgehead atoms. The molecule has 3 nitrogen and oxygen atoms in total. The fraction of sp³-hybridized carbons (Fsp3) is 0.400. The van der Waals surface area contributed by atoms with Crippen molar-refractivity contribution in [3.05, 3.63) is 42.5 Å². The van der Waals surface area contributed by atoms with Crippen molar-refractivity contribution in [3.63, 3.8) is 0 Å². The van der Waals surface area contributed by atoms with E-state index >= 15 is 0 Å². The minimum Gasteiger partial charge on any atom is -0.370 e. The summed E-state index contributed by atoms with van der Waals surface area (Å²) in [5.41, 5.74) is 2.58. The maximum atomic E-state index is 4.32. The van der Waals surface area contributed by atoms with Gasteiger partial charge < -0.3 is 9.47 Å². The molecule has 0 saturated carbocycles. The predicted octanol–water partition coefficient (Wildman–Crippen LogP) is 3.17. The van der Waals surface area contributed by atoms with Crippen LogP contribution in [0.1, 0.15) is 25.1 Å². The molecule has 0 aliphatic carbocycles. The Hall–Kier alpha value is -1.77. The molecule has 94 valence electrons. The van der Waals surface area contributed by atoms with Gasteiger partial charge in [-0.1, -0.05) is 12.1 Å². The van der Waals surface area contributed by atoms with E-state index in [1.807, 2.05) is 19.3 Å². The summed E-state index contributed by atoms with van der Waals surface area (Å²) in [6.45, 7) is 4.39. The highest BCUT2D eigenvalue weighted by molar-refractivity contribution is 5.63. The van der Waals surface area contributed by atoms with Gasteiger partial charge in [-0.25, -0.2) is 4.98 Å². The molecule has 1 aliphatic heterocycles. The van der Waals surface area contributed by atoms with Gasteiger partial charge in [0.2, 0.25) is 0 Å². The number of piperidine rings is 1. The zero-order chi connectivity index (χ0) is 12.4. The number of aryl methyl sites for hydroxylation is 1. The van der Waals surface area contributed by atoms with Gasteiger partial charge >= 0.3 is 0 Å². The normalized spacial score (nSPS) is 15.9. The lowest BCUT2D eigenvalue weighted by atomic mass is 10.1. The van der Waals surface area contributed by atoms with Crippen LogP contribution in [0.4, 0.5) is 5.69 Å². The molecule has 1 aromatic carbocycles. The van der Waals surface area contributed by atoms with Crippen LogP contribution in [-0.4, -0.2) is 22.6 Å². The molecule has 2 heterocycles. The molecule has 0 unspecified atom stereocenters. The van der Waals surface area contributed by atoms with Crippen LogP contribution in [0.15, 0.2) is 36.7 Å². The van der Waals surface area contributed by atoms with Gasteiger partial charge in [0.05, 0.1) is 11.4 Å². The largest absolute Gasteiger partial charge is 0.370 e. The average Bonchev–Trinajstić information content (AvgIpc) is 2.86. The minimum atomic E-state index is 1.04. The van der Waals surface area contributed by atoms with Crippen molar-refractivity contribution < 1.29 is 0 Å². The van der Waals surface area contributed by atoms with Gasteiger partial charge in [0.1, 0.15) is 5.82 Å². The second-order valence-electron chi connectivity index (χ2n) is 4.88. The van der Waals surface area contributed by atoms with Crippen molar-refractivity contribution in [2.75, 3.05) is 18.0 Å². The van der Waals surface area contributed by atoms with E-state index in [0.29, 0.717) is 0 Å². The van der Waals surface area contributed by atoms with Crippen LogP contribution in [0.3, 0.4) is 0 Å². The predicted molar refractivity (Wildman–Crippen MR) is 74.4 cm³/mol. The molecule has 0 radical (unpaired) electrons. The van der Waals surface area contributed by atoms with Crippen molar-refractivity contribution in [3.8, 4) is 5.69 Å². The van der Waals surface area contributed by atoms with Gasteiger partial charge in [-0.2, -0.15) is 0 Å². The number of hydrogen-bond acceptors (Lipinski definition) is 2. The topological polar surface area (TPSA) is 21.1 Å². The molecule has 3 heteroatoms. The van der Waals surface area contributed by atoms with E-state index in [1.54, 1.807) is 0 Å². The first-order valence-corrected chi connectivity index (χ1v) is 6.70. The Kier molecular flexibility index (Phi) is 3.05. The molecular weight excluding hydrogens is 222 g/mol. The highest BCUT2D eigenvalue weighted by atomic mass is 15.2. The first-order valence-electron chi connectivity index (χ1n) is 6.70. The maximum absolute atomic E-state index is 4.32. The van der Waals surface area contributed by atoms with Gasteiger partial charge in [0.15, 0.2) is 0 Å². The van der Waals surface area contributed by atoms with E-state index in [9.17, 15) is 0 Å². The van der Waals surface area contributed by atoms with Crippen LogP contribution in [0.25, 0.3) is 5.69 Å². The molecule has 0 atom stereocenters. The zero-order valence-electron chi connectivity index (χ0n) is 10.8. The second kappa shape index (κ2) is 4.84. The third-order valence-electron chi connectivity index (χ3n) is 3.66. The molecule has 2 aromatic rings. The highest BCUT2D eigenvalue weighted by Crippen LogP contribution is 2.27. The fourth-order valence-corrected chi connectivity index (χ4v) is 2.70. The SMILES string of the molecule is Cc1nccn1-c1ccccc1N1CCCCC1. The van der Waals surface area contributed by atoms with Crippen LogP contribution >= 0.6 is 0 Å². The molecule has 1 saturated heterocycles. The molecule has 1 aliphatic rings. The van der Waals surface area contributed by atoms with Gasteiger partial charge in [-0.15, -0.1) is 0 Å². The number of nitrogens with zero attached hydrogens (tertiary/aromatic N) is 3. The van der Waals surface area contributed by atoms with E-state index in [-0.39, 0.29) is 0 Å². The van der Waals surface area contributed by atoms with Crippen molar-refractivity contribution in [1.82, 2.24) is 9.55 Å². The molecule has 0 spiro atoms. The molecule has 1 fully saturated rings.